The molecule has 21 heavy (non-hydrogen) atoms. The number of carboxylic acid groups (broad SMARTS) is 1. The average Bonchev–Trinajstić information content (AvgIpc) is 3.23. The highest BCUT2D eigenvalue weighted by Crippen LogP contribution is 2.42. The largest absolute Gasteiger partial charge is 0.481 e. The number of aromatic nitrogens is 3. The van der Waals surface area contributed by atoms with Crippen LogP contribution >= 0.6 is 11.8 Å². The molecular weight excluding hydrogens is 290 g/mol. The Hall–Kier alpha value is -1.24. The molecule has 0 saturated heterocycles. The zero-order chi connectivity index (χ0) is 15.0. The number of aliphatic carboxylic acids is 1. The highest BCUT2D eigenvalue weighted by atomic mass is 32.2. The van der Waals surface area contributed by atoms with E-state index in [2.05, 4.69) is 17.1 Å². The number of aromatic amines is 1. The average molecular weight is 311 g/mol. The number of nitrogens with zero attached hydrogens (tertiary/aromatic N) is 2. The number of carboxylic acids is 1. The summed E-state index contributed by atoms with van der Waals surface area (Å²) in [6.07, 6.45) is 5.71. The fraction of sp³-hybridized carbons (Fsp3) is 0.786. The predicted octanol–water partition coefficient (Wildman–Crippen LogP) is 2.28. The molecule has 3 rings (SSSR count). The summed E-state index contributed by atoms with van der Waals surface area (Å²) in [5.41, 5.74) is -0.172. The van der Waals surface area contributed by atoms with Gasteiger partial charge in [-0.25, -0.2) is 9.89 Å². The van der Waals surface area contributed by atoms with E-state index in [1.807, 2.05) is 0 Å². The van der Waals surface area contributed by atoms with Crippen LogP contribution in [0.25, 0.3) is 0 Å². The molecule has 116 valence electrons. The van der Waals surface area contributed by atoms with Gasteiger partial charge in [0.1, 0.15) is 0 Å². The second-order valence-electron chi connectivity index (χ2n) is 6.10. The molecule has 2 fully saturated rings. The van der Waals surface area contributed by atoms with Crippen LogP contribution in [0.5, 0.6) is 0 Å². The molecule has 3 atom stereocenters. The summed E-state index contributed by atoms with van der Waals surface area (Å²) in [6.45, 7) is 2.15. The van der Waals surface area contributed by atoms with Crippen molar-refractivity contribution in [3.63, 3.8) is 0 Å². The van der Waals surface area contributed by atoms with E-state index in [1.165, 1.54) is 11.8 Å². The maximum absolute atomic E-state index is 11.8. The fourth-order valence-electron chi connectivity index (χ4n) is 3.16. The van der Waals surface area contributed by atoms with Gasteiger partial charge in [-0.3, -0.25) is 9.36 Å². The van der Waals surface area contributed by atoms with Gasteiger partial charge in [-0.15, -0.1) is 5.10 Å². The van der Waals surface area contributed by atoms with Crippen LogP contribution in [-0.4, -0.2) is 31.1 Å². The minimum absolute atomic E-state index is 0.00824. The summed E-state index contributed by atoms with van der Waals surface area (Å²) in [5, 5.41) is 16.7. The molecule has 6 nitrogen and oxygen atoms in total. The molecule has 3 unspecified atom stereocenters. The number of hydrogen-bond donors (Lipinski definition) is 2. The molecule has 2 aliphatic carbocycles. The predicted molar refractivity (Wildman–Crippen MR) is 79.5 cm³/mol. The SMILES string of the molecule is CCC1CCC(C(=O)O)C(Sc2n[nH]c(=O)n2C2CC2)C1. The van der Waals surface area contributed by atoms with Crippen molar-refractivity contribution in [2.24, 2.45) is 11.8 Å². The van der Waals surface area contributed by atoms with Crippen LogP contribution in [0.1, 0.15) is 51.5 Å². The maximum Gasteiger partial charge on any atom is 0.344 e. The van der Waals surface area contributed by atoms with Crippen LogP contribution in [-0.2, 0) is 4.79 Å². The van der Waals surface area contributed by atoms with Crippen molar-refractivity contribution in [3.8, 4) is 0 Å². The number of thioether (sulfide) groups is 1. The second kappa shape index (κ2) is 5.87. The molecule has 7 heteroatoms. The number of H-pyrrole nitrogens is 1. The van der Waals surface area contributed by atoms with Crippen molar-refractivity contribution in [1.29, 1.82) is 0 Å². The first-order chi connectivity index (χ1) is 10.1. The second-order valence-corrected chi connectivity index (χ2v) is 7.31. The molecule has 1 aromatic rings. The molecule has 0 aliphatic heterocycles. The zero-order valence-electron chi connectivity index (χ0n) is 12.1. The Bertz CT molecular complexity index is 578. The lowest BCUT2D eigenvalue weighted by Crippen LogP contribution is -2.33. The van der Waals surface area contributed by atoms with Gasteiger partial charge < -0.3 is 5.11 Å². The summed E-state index contributed by atoms with van der Waals surface area (Å²) in [4.78, 5) is 23.3. The summed E-state index contributed by atoms with van der Waals surface area (Å²) < 4.78 is 1.71. The van der Waals surface area contributed by atoms with Gasteiger partial charge in [0.15, 0.2) is 5.16 Å². The van der Waals surface area contributed by atoms with Crippen LogP contribution in [0.2, 0.25) is 0 Å². The molecule has 2 saturated carbocycles. The quantitative estimate of drug-likeness (QED) is 0.871. The van der Waals surface area contributed by atoms with E-state index in [9.17, 15) is 14.7 Å². The Morgan fingerprint density at radius 2 is 2.19 bits per heavy atom. The first kappa shape index (κ1) is 14.7. The summed E-state index contributed by atoms with van der Waals surface area (Å²) in [6, 6.07) is 0.257. The van der Waals surface area contributed by atoms with Crippen LogP contribution < -0.4 is 5.69 Å². The lowest BCUT2D eigenvalue weighted by molar-refractivity contribution is -0.142. The van der Waals surface area contributed by atoms with E-state index in [0.29, 0.717) is 11.1 Å². The fourth-order valence-corrected chi connectivity index (χ4v) is 4.66. The molecule has 0 aromatic carbocycles. The molecule has 1 heterocycles. The Labute approximate surface area is 127 Å². The highest BCUT2D eigenvalue weighted by molar-refractivity contribution is 7.99. The van der Waals surface area contributed by atoms with Gasteiger partial charge in [0, 0.05) is 11.3 Å². The third kappa shape index (κ3) is 3.02. The minimum atomic E-state index is -0.724. The lowest BCUT2D eigenvalue weighted by atomic mass is 9.80. The standard InChI is InChI=1S/C14H21N3O3S/c1-2-8-3-6-10(12(18)19)11(7-8)21-14-16-15-13(20)17(14)9-4-5-9/h8-11H,2-7H2,1H3,(H,15,20)(H,18,19). The lowest BCUT2D eigenvalue weighted by Gasteiger charge is -2.32. The van der Waals surface area contributed by atoms with Crippen LogP contribution in [0, 0.1) is 11.8 Å². The van der Waals surface area contributed by atoms with Crippen molar-refractivity contribution in [2.45, 2.75) is 61.9 Å². The third-order valence-electron chi connectivity index (χ3n) is 4.64. The maximum atomic E-state index is 11.8. The summed E-state index contributed by atoms with van der Waals surface area (Å²) in [5.74, 6) is -0.478. The number of hydrogen-bond acceptors (Lipinski definition) is 4. The molecular formula is C14H21N3O3S. The van der Waals surface area contributed by atoms with Crippen molar-refractivity contribution in [2.75, 3.05) is 0 Å². The Balaban J connectivity index is 1.80. The van der Waals surface area contributed by atoms with Crippen LogP contribution in [0.4, 0.5) is 0 Å². The van der Waals surface area contributed by atoms with Crippen molar-refractivity contribution in [3.05, 3.63) is 10.5 Å². The van der Waals surface area contributed by atoms with E-state index in [4.69, 9.17) is 0 Å². The van der Waals surface area contributed by atoms with Crippen LogP contribution in [0.3, 0.4) is 0 Å². The molecule has 0 amide bonds. The topological polar surface area (TPSA) is 88.0 Å². The minimum Gasteiger partial charge on any atom is -0.481 e. The zero-order valence-corrected chi connectivity index (χ0v) is 12.9. The molecule has 0 spiro atoms. The Morgan fingerprint density at radius 1 is 1.43 bits per heavy atom. The van der Waals surface area contributed by atoms with Crippen LogP contribution in [0.15, 0.2) is 9.95 Å². The van der Waals surface area contributed by atoms with Crippen molar-refractivity contribution in [1.82, 2.24) is 14.8 Å². The van der Waals surface area contributed by atoms with Gasteiger partial charge in [-0.05, 0) is 38.0 Å². The molecule has 2 aliphatic rings. The normalized spacial score (nSPS) is 29.5. The first-order valence-electron chi connectivity index (χ1n) is 7.66. The Kier molecular flexibility index (Phi) is 4.10. The van der Waals surface area contributed by atoms with Gasteiger partial charge in [0.2, 0.25) is 0 Å². The van der Waals surface area contributed by atoms with Gasteiger partial charge in [0.05, 0.1) is 5.92 Å². The van der Waals surface area contributed by atoms with E-state index < -0.39 is 5.97 Å². The molecule has 2 N–H and O–H groups in total. The van der Waals surface area contributed by atoms with Crippen molar-refractivity contribution >= 4 is 17.7 Å². The van der Waals surface area contributed by atoms with E-state index >= 15 is 0 Å². The van der Waals surface area contributed by atoms with Gasteiger partial charge in [-0.1, -0.05) is 25.1 Å². The number of nitrogens with one attached hydrogen (secondary N) is 1. The van der Waals surface area contributed by atoms with E-state index in [0.717, 1.165) is 38.5 Å². The van der Waals surface area contributed by atoms with Gasteiger partial charge in [-0.2, -0.15) is 0 Å². The monoisotopic (exact) mass is 311 g/mol. The van der Waals surface area contributed by atoms with E-state index in [1.54, 1.807) is 4.57 Å². The van der Waals surface area contributed by atoms with Gasteiger partial charge in [0.25, 0.3) is 0 Å². The molecule has 1 aromatic heterocycles. The first-order valence-corrected chi connectivity index (χ1v) is 8.54. The highest BCUT2D eigenvalue weighted by Gasteiger charge is 2.37. The summed E-state index contributed by atoms with van der Waals surface area (Å²) >= 11 is 1.48. The molecule has 0 bridgehead atoms. The number of rotatable bonds is 5. The smallest absolute Gasteiger partial charge is 0.344 e. The van der Waals surface area contributed by atoms with Crippen molar-refractivity contribution < 1.29 is 9.90 Å². The Morgan fingerprint density at radius 3 is 2.81 bits per heavy atom. The number of carbonyl (C=O) groups is 1. The summed E-state index contributed by atoms with van der Waals surface area (Å²) in [7, 11) is 0. The molecule has 0 radical (unpaired) electrons. The van der Waals surface area contributed by atoms with E-state index in [-0.39, 0.29) is 22.9 Å². The third-order valence-corrected chi connectivity index (χ3v) is 5.96. The van der Waals surface area contributed by atoms with Gasteiger partial charge >= 0.3 is 11.7 Å².